The molecule has 0 unspecified atom stereocenters. The molecule has 0 aliphatic heterocycles. The molecule has 1 aliphatic rings. The van der Waals surface area contributed by atoms with E-state index in [0.717, 1.165) is 0 Å². The molecule has 1 aromatic carbocycles. The van der Waals surface area contributed by atoms with Crippen LogP contribution in [0.4, 0.5) is 11.4 Å². The summed E-state index contributed by atoms with van der Waals surface area (Å²) in [6.07, 6.45) is 0.765. The Morgan fingerprint density at radius 2 is 2.16 bits per heavy atom. The summed E-state index contributed by atoms with van der Waals surface area (Å²) in [5.74, 6) is -0.299. The van der Waals surface area contributed by atoms with Gasteiger partial charge in [0, 0.05) is 24.7 Å². The van der Waals surface area contributed by atoms with Crippen molar-refractivity contribution in [2.75, 3.05) is 12.4 Å². The zero-order valence-electron chi connectivity index (χ0n) is 10.4. The molecule has 1 aromatic rings. The second-order valence-electron chi connectivity index (χ2n) is 4.53. The summed E-state index contributed by atoms with van der Waals surface area (Å²) in [7, 11) is 1.50. The Labute approximate surface area is 109 Å². The lowest BCUT2D eigenvalue weighted by Gasteiger charge is -2.32. The second-order valence-corrected chi connectivity index (χ2v) is 4.53. The number of benzene rings is 1. The number of rotatable bonds is 4. The molecule has 0 aromatic heterocycles. The second kappa shape index (κ2) is 5.23. The van der Waals surface area contributed by atoms with Crippen LogP contribution in [-0.4, -0.2) is 35.1 Å². The van der Waals surface area contributed by atoms with E-state index in [4.69, 9.17) is 0 Å². The number of anilines is 1. The number of nitrogens with zero attached hydrogens (tertiary/aromatic N) is 1. The molecular weight excluding hydrogens is 250 g/mol. The number of nitrogens with one attached hydrogen (secondary N) is 2. The van der Waals surface area contributed by atoms with Crippen molar-refractivity contribution in [3.8, 4) is 0 Å². The van der Waals surface area contributed by atoms with Crippen LogP contribution >= 0.6 is 0 Å². The third-order valence-electron chi connectivity index (χ3n) is 3.16. The van der Waals surface area contributed by atoms with E-state index in [-0.39, 0.29) is 23.7 Å². The van der Waals surface area contributed by atoms with E-state index < -0.39 is 4.92 Å². The Kier molecular flexibility index (Phi) is 3.66. The largest absolute Gasteiger partial charge is 0.393 e. The summed E-state index contributed by atoms with van der Waals surface area (Å²) in [5, 5.41) is 25.6. The molecule has 1 amide bonds. The zero-order valence-corrected chi connectivity index (χ0v) is 10.4. The lowest BCUT2D eigenvalue weighted by molar-refractivity contribution is -0.384. The summed E-state index contributed by atoms with van der Waals surface area (Å²) in [5.41, 5.74) is 0.590. The van der Waals surface area contributed by atoms with Gasteiger partial charge in [-0.2, -0.15) is 0 Å². The van der Waals surface area contributed by atoms with Crippen LogP contribution in [0.3, 0.4) is 0 Å². The highest BCUT2D eigenvalue weighted by atomic mass is 16.6. The number of amides is 1. The minimum Gasteiger partial charge on any atom is -0.393 e. The van der Waals surface area contributed by atoms with Gasteiger partial charge in [0.15, 0.2) is 0 Å². The van der Waals surface area contributed by atoms with E-state index in [1.54, 1.807) is 0 Å². The summed E-state index contributed by atoms with van der Waals surface area (Å²) < 4.78 is 0. The van der Waals surface area contributed by atoms with Gasteiger partial charge in [-0.1, -0.05) is 0 Å². The Morgan fingerprint density at radius 3 is 2.68 bits per heavy atom. The summed E-state index contributed by atoms with van der Waals surface area (Å²) in [6.45, 7) is 0. The lowest BCUT2D eigenvalue weighted by Crippen LogP contribution is -2.39. The highest BCUT2D eigenvalue weighted by molar-refractivity contribution is 5.95. The number of hydrogen-bond donors (Lipinski definition) is 3. The first-order chi connectivity index (χ1) is 9.01. The molecule has 0 radical (unpaired) electrons. The van der Waals surface area contributed by atoms with Gasteiger partial charge in [-0.05, 0) is 25.0 Å². The number of hydrogen-bond acceptors (Lipinski definition) is 5. The van der Waals surface area contributed by atoms with Gasteiger partial charge >= 0.3 is 0 Å². The SMILES string of the molecule is CNC(=O)c1ccc([N+](=O)[O-])c(NC2CC(O)C2)c1. The fraction of sp³-hybridized carbons (Fsp3) is 0.417. The first kappa shape index (κ1) is 13.3. The van der Waals surface area contributed by atoms with Gasteiger partial charge in [0.1, 0.15) is 5.69 Å². The van der Waals surface area contributed by atoms with Crippen molar-refractivity contribution < 1.29 is 14.8 Å². The molecule has 0 saturated heterocycles. The minimum atomic E-state index is -0.495. The molecule has 102 valence electrons. The number of nitro groups is 1. The Morgan fingerprint density at radius 1 is 1.47 bits per heavy atom. The number of carbonyl (C=O) groups is 1. The monoisotopic (exact) mass is 265 g/mol. The Balaban J connectivity index is 2.25. The average Bonchev–Trinajstić information content (AvgIpc) is 2.35. The van der Waals surface area contributed by atoms with Gasteiger partial charge in [-0.25, -0.2) is 0 Å². The van der Waals surface area contributed by atoms with Gasteiger partial charge in [0.05, 0.1) is 11.0 Å². The normalized spacial score (nSPS) is 21.4. The smallest absolute Gasteiger partial charge is 0.292 e. The van der Waals surface area contributed by atoms with Crippen LogP contribution in [0.5, 0.6) is 0 Å². The van der Waals surface area contributed by atoms with Crippen molar-refractivity contribution in [3.05, 3.63) is 33.9 Å². The third-order valence-corrected chi connectivity index (χ3v) is 3.16. The molecule has 7 nitrogen and oxygen atoms in total. The quantitative estimate of drug-likeness (QED) is 0.554. The predicted octanol–water partition coefficient (Wildman–Crippen LogP) is 0.890. The molecule has 0 spiro atoms. The van der Waals surface area contributed by atoms with Crippen LogP contribution in [-0.2, 0) is 0 Å². The van der Waals surface area contributed by atoms with Gasteiger partial charge in [-0.3, -0.25) is 14.9 Å². The van der Waals surface area contributed by atoms with E-state index in [2.05, 4.69) is 10.6 Å². The van der Waals surface area contributed by atoms with Crippen LogP contribution in [0.25, 0.3) is 0 Å². The number of aliphatic hydroxyl groups is 1. The van der Waals surface area contributed by atoms with Gasteiger partial charge in [-0.15, -0.1) is 0 Å². The number of nitro benzene ring substituents is 1. The lowest BCUT2D eigenvalue weighted by atomic mass is 9.89. The average molecular weight is 265 g/mol. The Bertz CT molecular complexity index is 512. The molecule has 7 heteroatoms. The zero-order chi connectivity index (χ0) is 14.0. The third kappa shape index (κ3) is 2.82. The molecule has 3 N–H and O–H groups in total. The van der Waals surface area contributed by atoms with Crippen LogP contribution < -0.4 is 10.6 Å². The van der Waals surface area contributed by atoms with Gasteiger partial charge < -0.3 is 15.7 Å². The first-order valence-corrected chi connectivity index (χ1v) is 5.96. The molecular formula is C12H15N3O4. The van der Waals surface area contributed by atoms with Crippen LogP contribution in [0.1, 0.15) is 23.2 Å². The maximum absolute atomic E-state index is 11.5. The van der Waals surface area contributed by atoms with Gasteiger partial charge in [0.2, 0.25) is 0 Å². The van der Waals surface area contributed by atoms with E-state index >= 15 is 0 Å². The van der Waals surface area contributed by atoms with Crippen molar-refractivity contribution in [1.29, 1.82) is 0 Å². The highest BCUT2D eigenvalue weighted by Gasteiger charge is 2.29. The van der Waals surface area contributed by atoms with Crippen LogP contribution in [0.15, 0.2) is 18.2 Å². The summed E-state index contributed by atoms with van der Waals surface area (Å²) in [4.78, 5) is 22.0. The van der Waals surface area contributed by atoms with E-state index in [1.165, 1.54) is 25.2 Å². The van der Waals surface area contributed by atoms with Crippen molar-refractivity contribution in [3.63, 3.8) is 0 Å². The fourth-order valence-corrected chi connectivity index (χ4v) is 2.02. The number of aliphatic hydroxyl groups excluding tert-OH is 1. The molecule has 1 aliphatic carbocycles. The maximum Gasteiger partial charge on any atom is 0.292 e. The van der Waals surface area contributed by atoms with Crippen molar-refractivity contribution >= 4 is 17.3 Å². The summed E-state index contributed by atoms with van der Waals surface area (Å²) >= 11 is 0. The summed E-state index contributed by atoms with van der Waals surface area (Å²) in [6, 6.07) is 4.19. The molecule has 0 heterocycles. The van der Waals surface area contributed by atoms with E-state index in [1.807, 2.05) is 0 Å². The maximum atomic E-state index is 11.5. The molecule has 0 atom stereocenters. The Hall–Kier alpha value is -2.15. The van der Waals surface area contributed by atoms with Crippen molar-refractivity contribution in [2.45, 2.75) is 25.0 Å². The topological polar surface area (TPSA) is 104 Å². The number of carbonyl (C=O) groups excluding carboxylic acids is 1. The highest BCUT2D eigenvalue weighted by Crippen LogP contribution is 2.30. The standard InChI is InChI=1S/C12H15N3O4/c1-13-12(17)7-2-3-11(15(18)19)10(4-7)14-8-5-9(16)6-8/h2-4,8-9,14,16H,5-6H2,1H3,(H,13,17). The first-order valence-electron chi connectivity index (χ1n) is 5.96. The van der Waals surface area contributed by atoms with E-state index in [0.29, 0.717) is 24.1 Å². The van der Waals surface area contributed by atoms with Gasteiger partial charge in [0.25, 0.3) is 11.6 Å². The van der Waals surface area contributed by atoms with Crippen molar-refractivity contribution in [1.82, 2.24) is 5.32 Å². The molecule has 2 rings (SSSR count). The molecule has 1 saturated carbocycles. The predicted molar refractivity (Wildman–Crippen MR) is 69.1 cm³/mol. The molecule has 19 heavy (non-hydrogen) atoms. The molecule has 0 bridgehead atoms. The molecule has 1 fully saturated rings. The van der Waals surface area contributed by atoms with Crippen molar-refractivity contribution in [2.24, 2.45) is 0 Å². The fourth-order valence-electron chi connectivity index (χ4n) is 2.02. The minimum absolute atomic E-state index is 0.00800. The van der Waals surface area contributed by atoms with Crippen LogP contribution in [0, 0.1) is 10.1 Å². The van der Waals surface area contributed by atoms with E-state index in [9.17, 15) is 20.0 Å². The van der Waals surface area contributed by atoms with Crippen LogP contribution in [0.2, 0.25) is 0 Å².